The molecule has 0 rings (SSSR count). The first kappa shape index (κ1) is 38.3. The van der Waals surface area contributed by atoms with Crippen molar-refractivity contribution in [3.8, 4) is 0 Å². The van der Waals surface area contributed by atoms with E-state index in [-0.39, 0.29) is 12.2 Å². The van der Waals surface area contributed by atoms with Crippen LogP contribution in [0.3, 0.4) is 0 Å². The minimum absolute atomic E-state index is 0.220. The van der Waals surface area contributed by atoms with Crippen molar-refractivity contribution < 1.29 is 19.8 Å². The molecule has 0 spiro atoms. The van der Waals surface area contributed by atoms with Crippen LogP contribution in [-0.2, 0) is 9.59 Å². The predicted octanol–water partition coefficient (Wildman–Crippen LogP) is 10.0. The summed E-state index contributed by atoms with van der Waals surface area (Å²) < 4.78 is 0. The molecule has 39 heavy (non-hydrogen) atoms. The zero-order chi connectivity index (χ0) is 28.9. The summed E-state index contributed by atoms with van der Waals surface area (Å²) in [5.74, 6) is -0.653. The second kappa shape index (κ2) is 28.8. The van der Waals surface area contributed by atoms with Gasteiger partial charge in [-0.05, 0) is 12.8 Å². The Morgan fingerprint density at radius 1 is 0.487 bits per heavy atom. The molecule has 0 aliphatic carbocycles. The molecule has 0 aliphatic rings. The number of carbonyl (C=O) groups excluding carboxylic acids is 2. The molecular formula is C35H67O4. The van der Waals surface area contributed by atoms with Gasteiger partial charge >= 0.3 is 0 Å². The standard InChI is InChI=1S/C35H67O4/c1-3-5-7-9-11-13-15-17-19-21-23-25-27-29-33(37)31-35(39,32-36)34(38)30-28-26-24-22-20-18-16-14-12-10-8-6-4-2/h31,36,39H,3-30,32H2,1-2H3. The van der Waals surface area contributed by atoms with E-state index in [9.17, 15) is 19.8 Å². The molecular weight excluding hydrogens is 484 g/mol. The zero-order valence-electron chi connectivity index (χ0n) is 26.3. The van der Waals surface area contributed by atoms with E-state index in [2.05, 4.69) is 13.8 Å². The third-order valence-corrected chi connectivity index (χ3v) is 8.16. The molecule has 4 nitrogen and oxygen atoms in total. The highest BCUT2D eigenvalue weighted by Crippen LogP contribution is 2.19. The molecule has 1 unspecified atom stereocenters. The van der Waals surface area contributed by atoms with E-state index < -0.39 is 18.0 Å². The number of hydrogen-bond acceptors (Lipinski definition) is 4. The summed E-state index contributed by atoms with van der Waals surface area (Å²) >= 11 is 0. The molecule has 0 aromatic heterocycles. The average Bonchev–Trinajstić information content (AvgIpc) is 2.93. The molecule has 0 bridgehead atoms. The molecule has 0 heterocycles. The number of aliphatic hydroxyl groups excluding tert-OH is 1. The summed E-state index contributed by atoms with van der Waals surface area (Å²) in [6, 6.07) is 0. The van der Waals surface area contributed by atoms with E-state index in [4.69, 9.17) is 0 Å². The van der Waals surface area contributed by atoms with Crippen LogP contribution in [0, 0.1) is 6.42 Å². The summed E-state index contributed by atoms with van der Waals surface area (Å²) in [6.07, 6.45) is 33.9. The van der Waals surface area contributed by atoms with E-state index in [1.807, 2.05) is 0 Å². The van der Waals surface area contributed by atoms with E-state index >= 15 is 0 Å². The lowest BCUT2D eigenvalue weighted by atomic mass is 9.88. The average molecular weight is 552 g/mol. The smallest absolute Gasteiger partial charge is 0.167 e. The van der Waals surface area contributed by atoms with Crippen molar-refractivity contribution in [2.24, 2.45) is 0 Å². The minimum Gasteiger partial charge on any atom is -0.393 e. The van der Waals surface area contributed by atoms with Crippen molar-refractivity contribution >= 4 is 11.6 Å². The highest BCUT2D eigenvalue weighted by Gasteiger charge is 2.36. The van der Waals surface area contributed by atoms with Gasteiger partial charge < -0.3 is 10.2 Å². The van der Waals surface area contributed by atoms with E-state index in [0.29, 0.717) is 12.8 Å². The van der Waals surface area contributed by atoms with Crippen LogP contribution in [0.5, 0.6) is 0 Å². The van der Waals surface area contributed by atoms with Crippen molar-refractivity contribution in [3.05, 3.63) is 6.42 Å². The van der Waals surface area contributed by atoms with Gasteiger partial charge in [-0.2, -0.15) is 0 Å². The molecule has 4 heteroatoms. The van der Waals surface area contributed by atoms with E-state index in [1.54, 1.807) is 0 Å². The minimum atomic E-state index is -2.01. The second-order valence-corrected chi connectivity index (χ2v) is 12.1. The highest BCUT2D eigenvalue weighted by atomic mass is 16.3. The fourth-order valence-electron chi connectivity index (χ4n) is 5.39. The maximum atomic E-state index is 12.5. The summed E-state index contributed by atoms with van der Waals surface area (Å²) in [4.78, 5) is 24.9. The van der Waals surface area contributed by atoms with Crippen molar-refractivity contribution in [1.82, 2.24) is 0 Å². The van der Waals surface area contributed by atoms with Gasteiger partial charge in [-0.25, -0.2) is 0 Å². The number of unbranched alkanes of at least 4 members (excludes halogenated alkanes) is 24. The van der Waals surface area contributed by atoms with Crippen LogP contribution in [0.25, 0.3) is 0 Å². The van der Waals surface area contributed by atoms with Gasteiger partial charge in [0.15, 0.2) is 11.4 Å². The second-order valence-electron chi connectivity index (χ2n) is 12.1. The van der Waals surface area contributed by atoms with Gasteiger partial charge in [0.05, 0.1) is 13.0 Å². The third-order valence-electron chi connectivity index (χ3n) is 8.16. The van der Waals surface area contributed by atoms with Gasteiger partial charge in [-0.15, -0.1) is 0 Å². The fraction of sp³-hybridized carbons (Fsp3) is 0.914. The Balaban J connectivity index is 3.71. The summed E-state index contributed by atoms with van der Waals surface area (Å²) in [5, 5.41) is 20.2. The molecule has 0 aromatic carbocycles. The van der Waals surface area contributed by atoms with Crippen LogP contribution < -0.4 is 0 Å². The fourth-order valence-corrected chi connectivity index (χ4v) is 5.39. The van der Waals surface area contributed by atoms with Crippen LogP contribution in [0.1, 0.15) is 194 Å². The number of Topliss-reactive ketones (excluding diaryl/α,β-unsaturated/α-hetero) is 2. The first-order valence-electron chi connectivity index (χ1n) is 17.3. The van der Waals surface area contributed by atoms with Crippen LogP contribution >= 0.6 is 0 Å². The molecule has 1 atom stereocenters. The van der Waals surface area contributed by atoms with E-state index in [0.717, 1.165) is 38.5 Å². The summed E-state index contributed by atoms with van der Waals surface area (Å²) in [6.45, 7) is 3.80. The maximum Gasteiger partial charge on any atom is 0.167 e. The molecule has 1 radical (unpaired) electrons. The Morgan fingerprint density at radius 3 is 1.08 bits per heavy atom. The van der Waals surface area contributed by atoms with Crippen molar-refractivity contribution in [3.63, 3.8) is 0 Å². The molecule has 0 fully saturated rings. The molecule has 2 N–H and O–H groups in total. The summed E-state index contributed by atoms with van der Waals surface area (Å²) in [7, 11) is 0. The van der Waals surface area contributed by atoms with Gasteiger partial charge in [0.1, 0.15) is 5.78 Å². The van der Waals surface area contributed by atoms with Gasteiger partial charge in [-0.3, -0.25) is 9.59 Å². The number of ketones is 2. The highest BCUT2D eigenvalue weighted by molar-refractivity contribution is 5.99. The van der Waals surface area contributed by atoms with E-state index in [1.165, 1.54) is 128 Å². The molecule has 0 aliphatic heterocycles. The number of aliphatic hydroxyl groups is 2. The lowest BCUT2D eigenvalue weighted by Gasteiger charge is -2.23. The molecule has 0 saturated heterocycles. The van der Waals surface area contributed by atoms with Gasteiger partial charge in [-0.1, -0.05) is 168 Å². The first-order chi connectivity index (χ1) is 19.0. The Hall–Kier alpha value is -0.740. The zero-order valence-corrected chi connectivity index (χ0v) is 26.3. The van der Waals surface area contributed by atoms with Gasteiger partial charge in [0.2, 0.25) is 0 Å². The Bertz CT molecular complexity index is 547. The Morgan fingerprint density at radius 2 is 0.769 bits per heavy atom. The van der Waals surface area contributed by atoms with Crippen LogP contribution in [0.15, 0.2) is 0 Å². The Kier molecular flexibility index (Phi) is 28.2. The lowest BCUT2D eigenvalue weighted by molar-refractivity contribution is -0.140. The van der Waals surface area contributed by atoms with Crippen LogP contribution in [-0.4, -0.2) is 34.0 Å². The van der Waals surface area contributed by atoms with Crippen LogP contribution in [0.4, 0.5) is 0 Å². The molecule has 231 valence electrons. The third kappa shape index (κ3) is 24.8. The molecule has 0 amide bonds. The SMILES string of the molecule is CCCCCCCCCCCCCCCC(=O)[CH]C(O)(CO)C(=O)CCCCCCCCCCCCCCC. The predicted molar refractivity (Wildman–Crippen MR) is 167 cm³/mol. The number of hydrogen-bond donors (Lipinski definition) is 2. The lowest BCUT2D eigenvalue weighted by Crippen LogP contribution is -2.45. The van der Waals surface area contributed by atoms with Crippen molar-refractivity contribution in [2.45, 2.75) is 199 Å². The van der Waals surface area contributed by atoms with Crippen LogP contribution in [0.2, 0.25) is 0 Å². The topological polar surface area (TPSA) is 74.6 Å². The maximum absolute atomic E-state index is 12.5. The number of rotatable bonds is 32. The number of carbonyl (C=O) groups is 2. The van der Waals surface area contributed by atoms with Crippen molar-refractivity contribution in [2.75, 3.05) is 6.61 Å². The monoisotopic (exact) mass is 552 g/mol. The van der Waals surface area contributed by atoms with Gasteiger partial charge in [0.25, 0.3) is 0 Å². The first-order valence-corrected chi connectivity index (χ1v) is 17.3. The largest absolute Gasteiger partial charge is 0.393 e. The quantitative estimate of drug-likeness (QED) is 0.0816. The van der Waals surface area contributed by atoms with Crippen molar-refractivity contribution in [1.29, 1.82) is 0 Å². The molecule has 0 saturated carbocycles. The summed E-state index contributed by atoms with van der Waals surface area (Å²) in [5.41, 5.74) is -2.01. The molecule has 0 aromatic rings. The Labute approximate surface area is 243 Å². The normalized spacial score (nSPS) is 13.0. The van der Waals surface area contributed by atoms with Gasteiger partial charge in [0, 0.05) is 12.8 Å².